The minimum atomic E-state index is -1.34. The van der Waals surface area contributed by atoms with Gasteiger partial charge in [0.05, 0.1) is 0 Å². The second kappa shape index (κ2) is 6.34. The fraction of sp³-hybridized carbons (Fsp3) is 0.273. The predicted molar refractivity (Wildman–Crippen MR) is 62.8 cm³/mol. The Morgan fingerprint density at radius 2 is 1.95 bits per heavy atom. The van der Waals surface area contributed by atoms with Crippen molar-refractivity contribution in [3.05, 3.63) is 34.2 Å². The molecule has 1 aromatic heterocycles. The molecule has 0 fully saturated rings. The largest absolute Gasteiger partial charge is 0.481 e. The highest BCUT2D eigenvalue weighted by Gasteiger charge is 2.21. The van der Waals surface area contributed by atoms with Gasteiger partial charge < -0.3 is 20.5 Å². The standard InChI is InChI=1S/C11H12N2O6/c14-8-3-1-2-6(12-8)10(17)13-7(11(18)19)4-5-9(15)16/h1-3,7H,4-5H2,(H,12,14)(H,13,17)(H,15,16)(H,18,19). The number of pyridine rings is 1. The number of carbonyl (C=O) groups excluding carboxylic acids is 1. The first kappa shape index (κ1) is 14.4. The van der Waals surface area contributed by atoms with Crippen molar-refractivity contribution >= 4 is 17.8 Å². The molecule has 0 saturated carbocycles. The summed E-state index contributed by atoms with van der Waals surface area (Å²) in [5.41, 5.74) is -0.584. The van der Waals surface area contributed by atoms with Gasteiger partial charge in [0, 0.05) is 12.5 Å². The average Bonchev–Trinajstić information content (AvgIpc) is 2.33. The van der Waals surface area contributed by atoms with E-state index in [0.29, 0.717) is 0 Å². The highest BCUT2D eigenvalue weighted by Crippen LogP contribution is 2.00. The van der Waals surface area contributed by atoms with Crippen molar-refractivity contribution in [1.29, 1.82) is 0 Å². The van der Waals surface area contributed by atoms with Gasteiger partial charge in [-0.3, -0.25) is 14.4 Å². The summed E-state index contributed by atoms with van der Waals surface area (Å²) in [6.07, 6.45) is -0.629. The van der Waals surface area contributed by atoms with Gasteiger partial charge >= 0.3 is 11.9 Å². The van der Waals surface area contributed by atoms with E-state index in [2.05, 4.69) is 10.3 Å². The summed E-state index contributed by atoms with van der Waals surface area (Å²) in [6.45, 7) is 0. The zero-order valence-electron chi connectivity index (χ0n) is 9.75. The Bertz CT molecular complexity index is 550. The molecule has 4 N–H and O–H groups in total. The van der Waals surface area contributed by atoms with Crippen molar-refractivity contribution < 1.29 is 24.6 Å². The number of aromatic amines is 1. The number of carboxylic acid groups (broad SMARTS) is 2. The Hall–Kier alpha value is -2.64. The van der Waals surface area contributed by atoms with Crippen LogP contribution in [0, 0.1) is 0 Å². The third-order valence-corrected chi connectivity index (χ3v) is 2.26. The van der Waals surface area contributed by atoms with Gasteiger partial charge in [0.15, 0.2) is 0 Å². The van der Waals surface area contributed by atoms with Gasteiger partial charge in [-0.25, -0.2) is 4.79 Å². The quantitative estimate of drug-likeness (QED) is 0.545. The van der Waals surface area contributed by atoms with E-state index in [1.165, 1.54) is 18.2 Å². The second-order valence-corrected chi connectivity index (χ2v) is 3.73. The lowest BCUT2D eigenvalue weighted by Crippen LogP contribution is -2.41. The lowest BCUT2D eigenvalue weighted by Gasteiger charge is -2.13. The zero-order valence-corrected chi connectivity index (χ0v) is 9.75. The highest BCUT2D eigenvalue weighted by atomic mass is 16.4. The Morgan fingerprint density at radius 1 is 1.26 bits per heavy atom. The van der Waals surface area contributed by atoms with Crippen LogP contribution in [0.15, 0.2) is 23.0 Å². The van der Waals surface area contributed by atoms with Crippen LogP contribution in [-0.2, 0) is 9.59 Å². The molecule has 102 valence electrons. The molecule has 0 aliphatic carbocycles. The summed E-state index contributed by atoms with van der Waals surface area (Å²) in [4.78, 5) is 46.1. The van der Waals surface area contributed by atoms with Crippen LogP contribution in [0.1, 0.15) is 23.3 Å². The van der Waals surface area contributed by atoms with E-state index in [1.54, 1.807) is 0 Å². The smallest absolute Gasteiger partial charge is 0.326 e. The summed E-state index contributed by atoms with van der Waals surface area (Å²) in [7, 11) is 0. The highest BCUT2D eigenvalue weighted by molar-refractivity contribution is 5.94. The molecule has 0 aliphatic rings. The Balaban J connectivity index is 2.74. The molecule has 1 aromatic rings. The molecule has 0 saturated heterocycles. The van der Waals surface area contributed by atoms with Crippen LogP contribution in [-0.4, -0.2) is 39.1 Å². The number of carboxylic acids is 2. The minimum absolute atomic E-state index is 0.0888. The van der Waals surface area contributed by atoms with Crippen molar-refractivity contribution in [2.45, 2.75) is 18.9 Å². The molecule has 0 bridgehead atoms. The van der Waals surface area contributed by atoms with Crippen molar-refractivity contribution in [2.24, 2.45) is 0 Å². The van der Waals surface area contributed by atoms with Gasteiger partial charge in [0.2, 0.25) is 5.56 Å². The lowest BCUT2D eigenvalue weighted by molar-refractivity contribution is -0.140. The van der Waals surface area contributed by atoms with Gasteiger partial charge in [0.25, 0.3) is 5.91 Å². The van der Waals surface area contributed by atoms with Crippen LogP contribution in [0.2, 0.25) is 0 Å². The molecule has 0 radical (unpaired) electrons. The molecule has 1 amide bonds. The number of aliphatic carboxylic acids is 2. The molecule has 19 heavy (non-hydrogen) atoms. The number of hydrogen-bond donors (Lipinski definition) is 4. The summed E-state index contributed by atoms with van der Waals surface area (Å²) >= 11 is 0. The van der Waals surface area contributed by atoms with E-state index in [1.807, 2.05) is 0 Å². The van der Waals surface area contributed by atoms with Crippen molar-refractivity contribution in [3.8, 4) is 0 Å². The average molecular weight is 268 g/mol. The van der Waals surface area contributed by atoms with Crippen molar-refractivity contribution in [2.75, 3.05) is 0 Å². The Morgan fingerprint density at radius 3 is 2.47 bits per heavy atom. The number of H-pyrrole nitrogens is 1. The van der Waals surface area contributed by atoms with Crippen LogP contribution < -0.4 is 10.9 Å². The van der Waals surface area contributed by atoms with E-state index in [0.717, 1.165) is 0 Å². The molecule has 0 aromatic carbocycles. The monoisotopic (exact) mass is 268 g/mol. The van der Waals surface area contributed by atoms with Crippen molar-refractivity contribution in [1.82, 2.24) is 10.3 Å². The molecule has 8 heteroatoms. The second-order valence-electron chi connectivity index (χ2n) is 3.73. The van der Waals surface area contributed by atoms with E-state index < -0.39 is 29.4 Å². The molecular formula is C11H12N2O6. The van der Waals surface area contributed by atoms with Gasteiger partial charge in [-0.2, -0.15) is 0 Å². The number of nitrogens with one attached hydrogen (secondary N) is 2. The summed E-state index contributed by atoms with van der Waals surface area (Å²) in [5, 5.41) is 19.5. The first-order chi connectivity index (χ1) is 8.90. The molecule has 1 heterocycles. The van der Waals surface area contributed by atoms with Crippen LogP contribution >= 0.6 is 0 Å². The maximum atomic E-state index is 11.7. The van der Waals surface area contributed by atoms with E-state index in [-0.39, 0.29) is 18.5 Å². The van der Waals surface area contributed by atoms with E-state index in [4.69, 9.17) is 10.2 Å². The van der Waals surface area contributed by atoms with Gasteiger partial charge in [-0.05, 0) is 12.5 Å². The maximum Gasteiger partial charge on any atom is 0.326 e. The number of aromatic nitrogens is 1. The van der Waals surface area contributed by atoms with Gasteiger partial charge in [0.1, 0.15) is 11.7 Å². The number of hydrogen-bond acceptors (Lipinski definition) is 4. The summed E-state index contributed by atoms with van der Waals surface area (Å²) in [5.74, 6) is -3.28. The molecule has 1 rings (SSSR count). The summed E-state index contributed by atoms with van der Waals surface area (Å²) < 4.78 is 0. The normalized spacial score (nSPS) is 11.6. The molecule has 1 atom stereocenters. The third-order valence-electron chi connectivity index (χ3n) is 2.26. The fourth-order valence-electron chi connectivity index (χ4n) is 1.34. The van der Waals surface area contributed by atoms with E-state index >= 15 is 0 Å². The van der Waals surface area contributed by atoms with Gasteiger partial charge in [-0.1, -0.05) is 6.07 Å². The fourth-order valence-corrected chi connectivity index (χ4v) is 1.34. The van der Waals surface area contributed by atoms with Crippen molar-refractivity contribution in [3.63, 3.8) is 0 Å². The minimum Gasteiger partial charge on any atom is -0.481 e. The number of carbonyl (C=O) groups is 3. The molecule has 0 aliphatic heterocycles. The maximum absolute atomic E-state index is 11.7. The summed E-state index contributed by atoms with van der Waals surface area (Å²) in [6, 6.07) is 2.54. The van der Waals surface area contributed by atoms with E-state index in [9.17, 15) is 19.2 Å². The third kappa shape index (κ3) is 4.62. The van der Waals surface area contributed by atoms with Crippen LogP contribution in [0.3, 0.4) is 0 Å². The number of amides is 1. The predicted octanol–water partition coefficient (Wildman–Crippen LogP) is -0.577. The zero-order chi connectivity index (χ0) is 14.4. The molecule has 1 unspecified atom stereocenters. The van der Waals surface area contributed by atoms with Gasteiger partial charge in [-0.15, -0.1) is 0 Å². The SMILES string of the molecule is O=C(O)CCC(NC(=O)c1cccc(=O)[nH]1)C(=O)O. The number of rotatable bonds is 6. The topological polar surface area (TPSA) is 137 Å². The Labute approximate surface area is 107 Å². The first-order valence-electron chi connectivity index (χ1n) is 5.35. The Kier molecular flexibility index (Phi) is 4.81. The van der Waals surface area contributed by atoms with Crippen LogP contribution in [0.25, 0.3) is 0 Å². The van der Waals surface area contributed by atoms with Crippen LogP contribution in [0.5, 0.6) is 0 Å². The molecule has 8 nitrogen and oxygen atoms in total. The first-order valence-corrected chi connectivity index (χ1v) is 5.35. The molecule has 0 spiro atoms. The molecular weight excluding hydrogens is 256 g/mol. The van der Waals surface area contributed by atoms with Crippen LogP contribution in [0.4, 0.5) is 0 Å². The lowest BCUT2D eigenvalue weighted by atomic mass is 10.1.